The van der Waals surface area contributed by atoms with Gasteiger partial charge in [-0.1, -0.05) is 30.4 Å². The predicted octanol–water partition coefficient (Wildman–Crippen LogP) is 3.78. The summed E-state index contributed by atoms with van der Waals surface area (Å²) in [5.41, 5.74) is 7.51. The Bertz CT molecular complexity index is 1040. The maximum atomic E-state index is 12.9. The van der Waals surface area contributed by atoms with Crippen LogP contribution in [-0.4, -0.2) is 26.3 Å². The monoisotopic (exact) mass is 359 g/mol. The molecule has 2 aromatic heterocycles. The lowest BCUT2D eigenvalue weighted by Crippen LogP contribution is -2.21. The summed E-state index contributed by atoms with van der Waals surface area (Å²) < 4.78 is 44.3. The predicted molar refractivity (Wildman–Crippen MR) is 88.5 cm³/mol. The summed E-state index contributed by atoms with van der Waals surface area (Å²) in [6.07, 6.45) is -0.409. The lowest BCUT2D eigenvalue weighted by molar-refractivity contribution is -0.160. The van der Waals surface area contributed by atoms with Gasteiger partial charge in [-0.3, -0.25) is 0 Å². The number of halogens is 3. The number of nitrogen functional groups attached to an aromatic ring is 1. The average Bonchev–Trinajstić information content (AvgIpc) is 3.10. The second kappa shape index (κ2) is 5.94. The van der Waals surface area contributed by atoms with Crippen LogP contribution in [-0.2, 0) is 0 Å². The molecule has 132 valence electrons. The smallest absolute Gasteiger partial charge is 0.395 e. The molecule has 0 radical (unpaired) electrons. The first-order chi connectivity index (χ1) is 12.4. The average molecular weight is 359 g/mol. The maximum absolute atomic E-state index is 12.9. The molecular weight excluding hydrogens is 347 g/mol. The van der Waals surface area contributed by atoms with Gasteiger partial charge >= 0.3 is 6.18 Å². The number of aromatic nitrogens is 4. The van der Waals surface area contributed by atoms with Gasteiger partial charge in [-0.15, -0.1) is 10.2 Å². The largest absolute Gasteiger partial charge is 0.414 e. The van der Waals surface area contributed by atoms with E-state index in [0.29, 0.717) is 11.0 Å². The van der Waals surface area contributed by atoms with Crippen LogP contribution in [0.1, 0.15) is 12.3 Å². The Kier molecular flexibility index (Phi) is 3.71. The third kappa shape index (κ3) is 2.92. The molecule has 1 atom stereocenters. The second-order valence-electron chi connectivity index (χ2n) is 5.77. The molecule has 26 heavy (non-hydrogen) atoms. The topological polar surface area (TPSA) is 90.7 Å². The van der Waals surface area contributed by atoms with E-state index in [0.717, 1.165) is 6.08 Å². The molecule has 2 heterocycles. The Morgan fingerprint density at radius 3 is 2.46 bits per heavy atom. The summed E-state index contributed by atoms with van der Waals surface area (Å²) in [4.78, 5) is 8.58. The summed E-state index contributed by atoms with van der Waals surface area (Å²) in [6, 6.07) is 7.12. The highest BCUT2D eigenvalue weighted by molar-refractivity contribution is 5.80. The highest BCUT2D eigenvalue weighted by Crippen LogP contribution is 2.36. The van der Waals surface area contributed by atoms with Crippen molar-refractivity contribution >= 4 is 22.4 Å². The van der Waals surface area contributed by atoms with E-state index in [-0.39, 0.29) is 35.3 Å². The van der Waals surface area contributed by atoms with Crippen LogP contribution >= 0.6 is 0 Å². The molecule has 0 saturated carbocycles. The van der Waals surface area contributed by atoms with E-state index in [1.54, 1.807) is 24.3 Å². The highest BCUT2D eigenvalue weighted by Gasteiger charge is 2.38. The van der Waals surface area contributed by atoms with Crippen molar-refractivity contribution in [1.29, 1.82) is 0 Å². The Hall–Kier alpha value is -3.23. The van der Waals surface area contributed by atoms with Crippen LogP contribution in [0.15, 0.2) is 46.9 Å². The second-order valence-corrected chi connectivity index (χ2v) is 5.77. The van der Waals surface area contributed by atoms with Crippen LogP contribution in [0, 0.1) is 5.92 Å². The SMILES string of the molecule is Nc1nc2ccccc2nc1-c1nnc(C2=CC(C(F)(F)F)CC=C2)o1. The molecule has 1 aliphatic carbocycles. The molecule has 2 N–H and O–H groups in total. The van der Waals surface area contributed by atoms with Crippen molar-refractivity contribution in [3.05, 3.63) is 48.4 Å². The molecule has 0 amide bonds. The van der Waals surface area contributed by atoms with Crippen LogP contribution < -0.4 is 5.73 Å². The van der Waals surface area contributed by atoms with Crippen LogP contribution in [0.3, 0.4) is 0 Å². The molecule has 0 spiro atoms. The van der Waals surface area contributed by atoms with Gasteiger partial charge in [-0.2, -0.15) is 13.2 Å². The molecule has 4 rings (SSSR count). The van der Waals surface area contributed by atoms with E-state index in [9.17, 15) is 13.2 Å². The standard InChI is InChI=1S/C17H12F3N5O/c18-17(19,20)10-5-3-4-9(8-10)15-24-25-16(26-15)13-14(21)23-12-7-2-1-6-11(12)22-13/h1-4,6-8,10H,5H2,(H2,21,23). The summed E-state index contributed by atoms with van der Waals surface area (Å²) >= 11 is 0. The van der Waals surface area contributed by atoms with Crippen molar-refractivity contribution in [3.63, 3.8) is 0 Å². The van der Waals surface area contributed by atoms with Crippen molar-refractivity contribution in [2.45, 2.75) is 12.6 Å². The van der Waals surface area contributed by atoms with Crippen molar-refractivity contribution in [2.75, 3.05) is 5.73 Å². The highest BCUT2D eigenvalue weighted by atomic mass is 19.4. The lowest BCUT2D eigenvalue weighted by Gasteiger charge is -2.18. The lowest BCUT2D eigenvalue weighted by atomic mass is 9.96. The molecule has 9 heteroatoms. The summed E-state index contributed by atoms with van der Waals surface area (Å²) in [5, 5.41) is 7.69. The zero-order valence-electron chi connectivity index (χ0n) is 13.2. The van der Waals surface area contributed by atoms with Crippen molar-refractivity contribution in [2.24, 2.45) is 5.92 Å². The third-order valence-electron chi connectivity index (χ3n) is 3.96. The number of nitrogens with two attached hydrogens (primary N) is 1. The number of para-hydroxylation sites is 2. The van der Waals surface area contributed by atoms with Gasteiger partial charge in [0.15, 0.2) is 11.5 Å². The number of rotatable bonds is 2. The van der Waals surface area contributed by atoms with Crippen molar-refractivity contribution in [3.8, 4) is 11.6 Å². The summed E-state index contributed by atoms with van der Waals surface area (Å²) in [6.45, 7) is 0. The minimum atomic E-state index is -4.33. The van der Waals surface area contributed by atoms with Gasteiger partial charge in [0, 0.05) is 5.57 Å². The molecule has 3 aromatic rings. The van der Waals surface area contributed by atoms with Gasteiger partial charge in [0.1, 0.15) is 0 Å². The molecule has 0 saturated heterocycles. The van der Waals surface area contributed by atoms with Gasteiger partial charge < -0.3 is 10.2 Å². The van der Waals surface area contributed by atoms with E-state index in [1.807, 2.05) is 0 Å². The van der Waals surface area contributed by atoms with E-state index >= 15 is 0 Å². The summed E-state index contributed by atoms with van der Waals surface area (Å²) in [7, 11) is 0. The van der Waals surface area contributed by atoms with Gasteiger partial charge in [0.2, 0.25) is 5.89 Å². The minimum Gasteiger partial charge on any atom is -0.414 e. The van der Waals surface area contributed by atoms with E-state index in [4.69, 9.17) is 10.2 Å². The Morgan fingerprint density at radius 2 is 1.73 bits per heavy atom. The Morgan fingerprint density at radius 1 is 1.04 bits per heavy atom. The van der Waals surface area contributed by atoms with E-state index < -0.39 is 12.1 Å². The molecule has 0 fully saturated rings. The van der Waals surface area contributed by atoms with Gasteiger partial charge in [0.05, 0.1) is 17.0 Å². The van der Waals surface area contributed by atoms with Gasteiger partial charge in [0.25, 0.3) is 5.89 Å². The fourth-order valence-corrected chi connectivity index (χ4v) is 2.66. The number of anilines is 1. The van der Waals surface area contributed by atoms with Crippen LogP contribution in [0.2, 0.25) is 0 Å². The molecule has 1 unspecified atom stereocenters. The quantitative estimate of drug-likeness (QED) is 0.749. The first-order valence-electron chi connectivity index (χ1n) is 7.73. The number of allylic oxidation sites excluding steroid dienone is 4. The first-order valence-corrected chi connectivity index (χ1v) is 7.73. The van der Waals surface area contributed by atoms with E-state index in [2.05, 4.69) is 20.2 Å². The zero-order chi connectivity index (χ0) is 18.3. The van der Waals surface area contributed by atoms with Gasteiger partial charge in [-0.05, 0) is 18.6 Å². The zero-order valence-corrected chi connectivity index (χ0v) is 13.2. The maximum Gasteiger partial charge on any atom is 0.395 e. The van der Waals surface area contributed by atoms with Crippen LogP contribution in [0.4, 0.5) is 19.0 Å². The molecular formula is C17H12F3N5O. The molecule has 0 bridgehead atoms. The van der Waals surface area contributed by atoms with Crippen molar-refractivity contribution in [1.82, 2.24) is 20.2 Å². The Balaban J connectivity index is 1.72. The van der Waals surface area contributed by atoms with Crippen LogP contribution in [0.5, 0.6) is 0 Å². The normalized spacial score (nSPS) is 17.5. The summed E-state index contributed by atoms with van der Waals surface area (Å²) in [5.74, 6) is -1.51. The molecule has 1 aromatic carbocycles. The van der Waals surface area contributed by atoms with Crippen LogP contribution in [0.25, 0.3) is 28.2 Å². The fraction of sp³-hybridized carbons (Fsp3) is 0.176. The van der Waals surface area contributed by atoms with Crippen molar-refractivity contribution < 1.29 is 17.6 Å². The Labute approximate surface area is 145 Å². The van der Waals surface area contributed by atoms with Gasteiger partial charge in [-0.25, -0.2) is 9.97 Å². The fourth-order valence-electron chi connectivity index (χ4n) is 2.66. The number of hydrogen-bond donors (Lipinski definition) is 1. The number of fused-ring (bicyclic) bond motifs is 1. The first kappa shape index (κ1) is 16.2. The number of nitrogens with zero attached hydrogens (tertiary/aromatic N) is 4. The number of hydrogen-bond acceptors (Lipinski definition) is 6. The minimum absolute atomic E-state index is 0.000754. The third-order valence-corrected chi connectivity index (χ3v) is 3.96. The molecule has 6 nitrogen and oxygen atoms in total. The number of benzene rings is 1. The molecule has 1 aliphatic rings. The molecule has 0 aliphatic heterocycles. The number of alkyl halides is 3. The van der Waals surface area contributed by atoms with E-state index in [1.165, 1.54) is 12.2 Å².